The van der Waals surface area contributed by atoms with Crippen molar-refractivity contribution < 1.29 is 9.59 Å². The third kappa shape index (κ3) is 2.79. The van der Waals surface area contributed by atoms with E-state index >= 15 is 0 Å². The molecule has 1 saturated carbocycles. The molecule has 0 spiro atoms. The summed E-state index contributed by atoms with van der Waals surface area (Å²) < 4.78 is 2.21. The van der Waals surface area contributed by atoms with Gasteiger partial charge in [0.05, 0.1) is 11.4 Å². The second-order valence-corrected chi connectivity index (χ2v) is 6.95. The van der Waals surface area contributed by atoms with E-state index in [0.29, 0.717) is 19.0 Å². The van der Waals surface area contributed by atoms with Gasteiger partial charge in [0, 0.05) is 37.4 Å². The zero-order valence-corrected chi connectivity index (χ0v) is 14.0. The van der Waals surface area contributed by atoms with Crippen LogP contribution in [0.2, 0.25) is 0 Å². The van der Waals surface area contributed by atoms with Crippen molar-refractivity contribution in [1.82, 2.24) is 9.47 Å². The molecule has 5 nitrogen and oxygen atoms in total. The van der Waals surface area contributed by atoms with Crippen LogP contribution in [0.5, 0.6) is 0 Å². The molecule has 2 amide bonds. The number of hydrogen-bond acceptors (Lipinski definition) is 2. The number of benzene rings is 1. The number of nitrogens with one attached hydrogen (secondary N) is 1. The highest BCUT2D eigenvalue weighted by Gasteiger charge is 2.41. The van der Waals surface area contributed by atoms with Crippen molar-refractivity contribution >= 4 is 28.4 Å². The smallest absolute Gasteiger partial charge is 0.229 e. The van der Waals surface area contributed by atoms with E-state index in [1.807, 2.05) is 23.1 Å². The normalized spacial score (nSPS) is 20.8. The fraction of sp³-hybridized carbons (Fsp3) is 0.474. The van der Waals surface area contributed by atoms with Crippen LogP contribution in [0.15, 0.2) is 30.5 Å². The van der Waals surface area contributed by atoms with E-state index in [2.05, 4.69) is 29.1 Å². The Morgan fingerprint density at radius 1 is 1.29 bits per heavy atom. The average molecular weight is 325 g/mol. The fourth-order valence-corrected chi connectivity index (χ4v) is 3.59. The molecule has 1 aliphatic heterocycles. The number of amides is 2. The van der Waals surface area contributed by atoms with E-state index in [1.54, 1.807) is 0 Å². The van der Waals surface area contributed by atoms with Crippen molar-refractivity contribution in [2.24, 2.45) is 5.92 Å². The molecule has 0 bridgehead atoms. The first-order valence-electron chi connectivity index (χ1n) is 8.85. The molecule has 2 fully saturated rings. The van der Waals surface area contributed by atoms with E-state index in [-0.39, 0.29) is 17.7 Å². The molecule has 1 aliphatic carbocycles. The Morgan fingerprint density at radius 2 is 2.12 bits per heavy atom. The first-order valence-corrected chi connectivity index (χ1v) is 8.85. The zero-order valence-electron chi connectivity index (χ0n) is 14.0. The quantitative estimate of drug-likeness (QED) is 0.919. The first kappa shape index (κ1) is 15.2. The van der Waals surface area contributed by atoms with Crippen LogP contribution in [0, 0.1) is 5.92 Å². The number of hydrogen-bond donors (Lipinski definition) is 1. The van der Waals surface area contributed by atoms with Crippen LogP contribution in [0.1, 0.15) is 32.6 Å². The zero-order chi connectivity index (χ0) is 16.7. The van der Waals surface area contributed by atoms with Gasteiger partial charge in [-0.15, -0.1) is 0 Å². The standard InChI is InChI=1S/C19H23N3O2/c1-2-8-21-9-7-13-3-4-15(11-17(13)21)20-19(24)14-10-18(23)22(12-14)16-5-6-16/h3-4,7,9,11,14,16H,2,5-6,8,10,12H2,1H3,(H,20,24). The summed E-state index contributed by atoms with van der Waals surface area (Å²) in [5.74, 6) is -0.138. The van der Waals surface area contributed by atoms with Gasteiger partial charge in [-0.25, -0.2) is 0 Å². The van der Waals surface area contributed by atoms with Gasteiger partial charge in [0.1, 0.15) is 0 Å². The van der Waals surface area contributed by atoms with Gasteiger partial charge in [-0.3, -0.25) is 9.59 Å². The van der Waals surface area contributed by atoms with Crippen LogP contribution in [0.3, 0.4) is 0 Å². The van der Waals surface area contributed by atoms with Crippen LogP contribution < -0.4 is 5.32 Å². The highest BCUT2D eigenvalue weighted by Crippen LogP contribution is 2.33. The summed E-state index contributed by atoms with van der Waals surface area (Å²) in [4.78, 5) is 26.4. The van der Waals surface area contributed by atoms with Crippen molar-refractivity contribution in [2.45, 2.75) is 45.2 Å². The van der Waals surface area contributed by atoms with Gasteiger partial charge in [-0.2, -0.15) is 0 Å². The number of carbonyl (C=O) groups excluding carboxylic acids is 2. The van der Waals surface area contributed by atoms with E-state index < -0.39 is 0 Å². The number of anilines is 1. The second kappa shape index (κ2) is 5.96. The van der Waals surface area contributed by atoms with Crippen molar-refractivity contribution in [3.05, 3.63) is 30.5 Å². The van der Waals surface area contributed by atoms with Crippen molar-refractivity contribution in [3.63, 3.8) is 0 Å². The summed E-state index contributed by atoms with van der Waals surface area (Å²) in [5.41, 5.74) is 1.94. The SMILES string of the molecule is CCCn1ccc2ccc(NC(=O)C3CC(=O)N(C4CC4)C3)cc21. The number of nitrogens with zero attached hydrogens (tertiary/aromatic N) is 2. The van der Waals surface area contributed by atoms with Gasteiger partial charge in [0.2, 0.25) is 11.8 Å². The lowest BCUT2D eigenvalue weighted by molar-refractivity contribution is -0.128. The summed E-state index contributed by atoms with van der Waals surface area (Å²) in [7, 11) is 0. The maximum atomic E-state index is 12.5. The van der Waals surface area contributed by atoms with E-state index in [4.69, 9.17) is 0 Å². The summed E-state index contributed by atoms with van der Waals surface area (Å²) in [5, 5.41) is 4.18. The van der Waals surface area contributed by atoms with Gasteiger partial charge in [0.15, 0.2) is 0 Å². The molecule has 2 aliphatic rings. The Morgan fingerprint density at radius 3 is 2.88 bits per heavy atom. The molecule has 1 saturated heterocycles. The Bertz CT molecular complexity index is 791. The Labute approximate surface area is 141 Å². The van der Waals surface area contributed by atoms with Crippen LogP contribution in [0.25, 0.3) is 10.9 Å². The largest absolute Gasteiger partial charge is 0.347 e. The van der Waals surface area contributed by atoms with Crippen molar-refractivity contribution in [1.29, 1.82) is 0 Å². The highest BCUT2D eigenvalue weighted by molar-refractivity contribution is 5.98. The van der Waals surface area contributed by atoms with Gasteiger partial charge in [-0.1, -0.05) is 13.0 Å². The van der Waals surface area contributed by atoms with Gasteiger partial charge >= 0.3 is 0 Å². The number of aryl methyl sites for hydroxylation is 1. The topological polar surface area (TPSA) is 54.3 Å². The summed E-state index contributed by atoms with van der Waals surface area (Å²) in [6.45, 7) is 3.69. The highest BCUT2D eigenvalue weighted by atomic mass is 16.2. The van der Waals surface area contributed by atoms with Crippen molar-refractivity contribution in [2.75, 3.05) is 11.9 Å². The molecule has 4 rings (SSSR count). The Kier molecular flexibility index (Phi) is 3.79. The fourth-order valence-electron chi connectivity index (χ4n) is 3.59. The third-order valence-corrected chi connectivity index (χ3v) is 5.02. The molecular weight excluding hydrogens is 302 g/mol. The second-order valence-electron chi connectivity index (χ2n) is 6.95. The Hall–Kier alpha value is -2.30. The molecule has 5 heteroatoms. The minimum atomic E-state index is -0.226. The molecule has 1 unspecified atom stereocenters. The van der Waals surface area contributed by atoms with Gasteiger partial charge in [-0.05, 0) is 42.8 Å². The molecule has 2 heterocycles. The first-order chi connectivity index (χ1) is 11.7. The minimum absolute atomic E-state index is 0.0422. The molecule has 0 radical (unpaired) electrons. The maximum absolute atomic E-state index is 12.5. The molecule has 24 heavy (non-hydrogen) atoms. The molecular formula is C19H23N3O2. The van der Waals surface area contributed by atoms with Crippen molar-refractivity contribution in [3.8, 4) is 0 Å². The molecule has 1 atom stereocenters. The number of carbonyl (C=O) groups is 2. The van der Waals surface area contributed by atoms with E-state index in [0.717, 1.165) is 37.0 Å². The predicted octanol–water partition coefficient (Wildman–Crippen LogP) is 3.00. The molecule has 2 aromatic rings. The van der Waals surface area contributed by atoms with Gasteiger partial charge in [0.25, 0.3) is 0 Å². The van der Waals surface area contributed by atoms with E-state index in [1.165, 1.54) is 5.39 Å². The van der Waals surface area contributed by atoms with Gasteiger partial charge < -0.3 is 14.8 Å². The Balaban J connectivity index is 1.48. The lowest BCUT2D eigenvalue weighted by atomic mass is 10.1. The maximum Gasteiger partial charge on any atom is 0.229 e. The summed E-state index contributed by atoms with van der Waals surface area (Å²) in [6.07, 6.45) is 5.68. The van der Waals surface area contributed by atoms with Crippen LogP contribution >= 0.6 is 0 Å². The summed E-state index contributed by atoms with van der Waals surface area (Å²) in [6, 6.07) is 8.49. The average Bonchev–Trinajstić information content (AvgIpc) is 3.23. The molecule has 1 N–H and O–H groups in total. The van der Waals surface area contributed by atoms with Crippen LogP contribution in [-0.4, -0.2) is 33.9 Å². The van der Waals surface area contributed by atoms with Crippen LogP contribution in [0.4, 0.5) is 5.69 Å². The molecule has 1 aromatic carbocycles. The molecule has 126 valence electrons. The third-order valence-electron chi connectivity index (χ3n) is 5.02. The lowest BCUT2D eigenvalue weighted by Gasteiger charge is -2.15. The number of aromatic nitrogens is 1. The van der Waals surface area contributed by atoms with Crippen LogP contribution in [-0.2, 0) is 16.1 Å². The number of fused-ring (bicyclic) bond motifs is 1. The minimum Gasteiger partial charge on any atom is -0.347 e. The van der Waals surface area contributed by atoms with E-state index in [9.17, 15) is 9.59 Å². The predicted molar refractivity (Wildman–Crippen MR) is 93.7 cm³/mol. The monoisotopic (exact) mass is 325 g/mol. The lowest BCUT2D eigenvalue weighted by Crippen LogP contribution is -2.29. The number of rotatable bonds is 5. The number of likely N-dealkylation sites (tertiary alicyclic amines) is 1. The summed E-state index contributed by atoms with van der Waals surface area (Å²) >= 11 is 0. The molecule has 1 aromatic heterocycles.